The lowest BCUT2D eigenvalue weighted by atomic mass is 9.95. The van der Waals surface area contributed by atoms with Crippen molar-refractivity contribution in [2.75, 3.05) is 6.61 Å². The molecule has 2 aliphatic carbocycles. The fourth-order valence-electron chi connectivity index (χ4n) is 3.54. The van der Waals surface area contributed by atoms with E-state index in [4.69, 9.17) is 0 Å². The zero-order valence-electron chi connectivity index (χ0n) is 11.4. The SMILES string of the molecule is O=C(CC1CCCCCC1)NC1CCCC1CO. The van der Waals surface area contributed by atoms with E-state index in [1.807, 2.05) is 0 Å². The van der Waals surface area contributed by atoms with Crippen LogP contribution in [-0.4, -0.2) is 23.7 Å². The molecular weight excluding hydrogens is 226 g/mol. The molecule has 1 amide bonds. The van der Waals surface area contributed by atoms with Gasteiger partial charge in [-0.3, -0.25) is 4.79 Å². The predicted molar refractivity (Wildman–Crippen MR) is 72.2 cm³/mol. The maximum absolute atomic E-state index is 12.0. The van der Waals surface area contributed by atoms with Crippen molar-refractivity contribution in [2.45, 2.75) is 70.3 Å². The van der Waals surface area contributed by atoms with Crippen molar-refractivity contribution in [3.63, 3.8) is 0 Å². The second kappa shape index (κ2) is 7.13. The first kappa shape index (κ1) is 13.9. The predicted octanol–water partition coefficient (Wildman–Crippen LogP) is 2.62. The highest BCUT2D eigenvalue weighted by Crippen LogP contribution is 2.27. The molecule has 3 heteroatoms. The van der Waals surface area contributed by atoms with Crippen LogP contribution in [0.2, 0.25) is 0 Å². The molecule has 2 saturated carbocycles. The van der Waals surface area contributed by atoms with Gasteiger partial charge in [0.15, 0.2) is 0 Å². The summed E-state index contributed by atoms with van der Waals surface area (Å²) in [6.07, 6.45) is 11.7. The van der Waals surface area contributed by atoms with E-state index in [-0.39, 0.29) is 18.6 Å². The van der Waals surface area contributed by atoms with Crippen molar-refractivity contribution in [1.29, 1.82) is 0 Å². The molecule has 2 rings (SSSR count). The van der Waals surface area contributed by atoms with E-state index in [0.717, 1.165) is 19.3 Å². The summed E-state index contributed by atoms with van der Waals surface area (Å²) in [7, 11) is 0. The van der Waals surface area contributed by atoms with Crippen LogP contribution in [0.15, 0.2) is 0 Å². The molecule has 0 aliphatic heterocycles. The lowest BCUT2D eigenvalue weighted by molar-refractivity contribution is -0.123. The van der Waals surface area contributed by atoms with Crippen LogP contribution in [0.1, 0.15) is 64.2 Å². The number of hydrogen-bond acceptors (Lipinski definition) is 2. The van der Waals surface area contributed by atoms with E-state index in [1.165, 1.54) is 38.5 Å². The lowest BCUT2D eigenvalue weighted by Gasteiger charge is -2.21. The Kier molecular flexibility index (Phi) is 5.48. The average Bonchev–Trinajstić information content (AvgIpc) is 2.64. The van der Waals surface area contributed by atoms with Crippen molar-refractivity contribution in [1.82, 2.24) is 5.32 Å². The second-order valence-corrected chi connectivity index (χ2v) is 6.11. The van der Waals surface area contributed by atoms with Gasteiger partial charge in [0.05, 0.1) is 0 Å². The minimum atomic E-state index is 0.215. The first-order chi connectivity index (χ1) is 8.79. The highest BCUT2D eigenvalue weighted by molar-refractivity contribution is 5.76. The zero-order chi connectivity index (χ0) is 12.8. The number of rotatable bonds is 4. The molecule has 0 bridgehead atoms. The summed E-state index contributed by atoms with van der Waals surface area (Å²) >= 11 is 0. The molecule has 0 aromatic heterocycles. The van der Waals surface area contributed by atoms with E-state index < -0.39 is 0 Å². The summed E-state index contributed by atoms with van der Waals surface area (Å²) in [4.78, 5) is 12.0. The third kappa shape index (κ3) is 3.98. The van der Waals surface area contributed by atoms with Gasteiger partial charge in [0, 0.05) is 25.0 Å². The Morgan fingerprint density at radius 3 is 2.39 bits per heavy atom. The van der Waals surface area contributed by atoms with Crippen LogP contribution in [0.25, 0.3) is 0 Å². The van der Waals surface area contributed by atoms with Crippen LogP contribution in [0, 0.1) is 11.8 Å². The summed E-state index contributed by atoms with van der Waals surface area (Å²) in [5, 5.41) is 12.4. The number of aliphatic hydroxyl groups excluding tert-OH is 1. The number of carbonyl (C=O) groups is 1. The van der Waals surface area contributed by atoms with Crippen LogP contribution in [0.3, 0.4) is 0 Å². The molecular formula is C15H27NO2. The summed E-state index contributed by atoms with van der Waals surface area (Å²) in [5.74, 6) is 1.11. The number of nitrogens with one attached hydrogen (secondary N) is 1. The molecule has 18 heavy (non-hydrogen) atoms. The highest BCUT2D eigenvalue weighted by Gasteiger charge is 2.28. The number of hydrogen-bond donors (Lipinski definition) is 2. The van der Waals surface area contributed by atoms with Crippen molar-refractivity contribution in [2.24, 2.45) is 11.8 Å². The normalized spacial score (nSPS) is 30.1. The molecule has 2 N–H and O–H groups in total. The first-order valence-electron chi connectivity index (χ1n) is 7.70. The largest absolute Gasteiger partial charge is 0.396 e. The molecule has 0 radical (unpaired) electrons. The summed E-state index contributed by atoms with van der Waals surface area (Å²) in [6.45, 7) is 0.217. The Morgan fingerprint density at radius 1 is 1.00 bits per heavy atom. The van der Waals surface area contributed by atoms with Gasteiger partial charge >= 0.3 is 0 Å². The van der Waals surface area contributed by atoms with Crippen molar-refractivity contribution in [3.05, 3.63) is 0 Å². The quantitative estimate of drug-likeness (QED) is 0.757. The molecule has 0 saturated heterocycles. The van der Waals surface area contributed by atoms with Crippen LogP contribution in [0.5, 0.6) is 0 Å². The zero-order valence-corrected chi connectivity index (χ0v) is 11.4. The Bertz CT molecular complexity index is 259. The molecule has 0 spiro atoms. The van der Waals surface area contributed by atoms with E-state index in [0.29, 0.717) is 18.3 Å². The molecule has 2 fully saturated rings. The Labute approximate surface area is 110 Å². The van der Waals surface area contributed by atoms with Crippen LogP contribution >= 0.6 is 0 Å². The number of carbonyl (C=O) groups excluding carboxylic acids is 1. The molecule has 0 aromatic rings. The maximum Gasteiger partial charge on any atom is 0.220 e. The average molecular weight is 253 g/mol. The fraction of sp³-hybridized carbons (Fsp3) is 0.933. The van der Waals surface area contributed by atoms with Gasteiger partial charge in [-0.1, -0.05) is 32.1 Å². The van der Waals surface area contributed by atoms with Gasteiger partial charge in [-0.25, -0.2) is 0 Å². The summed E-state index contributed by atoms with van der Waals surface area (Å²) < 4.78 is 0. The van der Waals surface area contributed by atoms with Gasteiger partial charge in [0.2, 0.25) is 5.91 Å². The molecule has 104 valence electrons. The fourth-order valence-corrected chi connectivity index (χ4v) is 3.54. The van der Waals surface area contributed by atoms with Crippen molar-refractivity contribution >= 4 is 5.91 Å². The van der Waals surface area contributed by atoms with Gasteiger partial charge in [-0.15, -0.1) is 0 Å². The second-order valence-electron chi connectivity index (χ2n) is 6.11. The molecule has 2 aliphatic rings. The Morgan fingerprint density at radius 2 is 1.72 bits per heavy atom. The van der Waals surface area contributed by atoms with E-state index in [2.05, 4.69) is 5.32 Å². The summed E-state index contributed by atoms with van der Waals surface area (Å²) in [5.41, 5.74) is 0. The first-order valence-corrected chi connectivity index (χ1v) is 7.70. The van der Waals surface area contributed by atoms with Crippen molar-refractivity contribution in [3.8, 4) is 0 Å². The summed E-state index contributed by atoms with van der Waals surface area (Å²) in [6, 6.07) is 0.230. The number of aliphatic hydroxyl groups is 1. The molecule has 0 aromatic carbocycles. The maximum atomic E-state index is 12.0. The molecule has 0 heterocycles. The van der Waals surface area contributed by atoms with Gasteiger partial charge in [-0.2, -0.15) is 0 Å². The van der Waals surface area contributed by atoms with Crippen LogP contribution in [0.4, 0.5) is 0 Å². The van der Waals surface area contributed by atoms with E-state index in [1.54, 1.807) is 0 Å². The highest BCUT2D eigenvalue weighted by atomic mass is 16.3. The van der Waals surface area contributed by atoms with Gasteiger partial charge in [-0.05, 0) is 31.6 Å². The Hall–Kier alpha value is -0.570. The Balaban J connectivity index is 1.73. The smallest absolute Gasteiger partial charge is 0.220 e. The monoisotopic (exact) mass is 253 g/mol. The minimum Gasteiger partial charge on any atom is -0.396 e. The third-order valence-electron chi connectivity index (χ3n) is 4.69. The van der Waals surface area contributed by atoms with Crippen LogP contribution in [-0.2, 0) is 4.79 Å². The minimum absolute atomic E-state index is 0.215. The molecule has 2 unspecified atom stereocenters. The van der Waals surface area contributed by atoms with Gasteiger partial charge in [0.1, 0.15) is 0 Å². The standard InChI is InChI=1S/C15H27NO2/c17-11-13-8-5-9-14(13)16-15(18)10-12-6-3-1-2-4-7-12/h12-14,17H,1-11H2,(H,16,18). The number of amides is 1. The molecule has 2 atom stereocenters. The third-order valence-corrected chi connectivity index (χ3v) is 4.69. The van der Waals surface area contributed by atoms with Crippen LogP contribution < -0.4 is 5.32 Å². The van der Waals surface area contributed by atoms with Gasteiger partial charge in [0.25, 0.3) is 0 Å². The topological polar surface area (TPSA) is 49.3 Å². The lowest BCUT2D eigenvalue weighted by Crippen LogP contribution is -2.39. The van der Waals surface area contributed by atoms with E-state index >= 15 is 0 Å². The van der Waals surface area contributed by atoms with Gasteiger partial charge < -0.3 is 10.4 Å². The van der Waals surface area contributed by atoms with Crippen molar-refractivity contribution < 1.29 is 9.90 Å². The molecule has 3 nitrogen and oxygen atoms in total. The van der Waals surface area contributed by atoms with E-state index in [9.17, 15) is 9.90 Å².